The number of benzene rings is 1. The highest BCUT2D eigenvalue weighted by atomic mass is 32.1. The summed E-state index contributed by atoms with van der Waals surface area (Å²) in [5, 5.41) is 12.0. The van der Waals surface area contributed by atoms with E-state index >= 15 is 0 Å². The van der Waals surface area contributed by atoms with Crippen molar-refractivity contribution in [1.82, 2.24) is 14.8 Å². The summed E-state index contributed by atoms with van der Waals surface area (Å²) in [6.07, 6.45) is 0. The smallest absolute Gasteiger partial charge is 0.350 e. The Balaban J connectivity index is 1.41. The first kappa shape index (κ1) is 21.9. The van der Waals surface area contributed by atoms with E-state index in [0.29, 0.717) is 22.0 Å². The molecule has 32 heavy (non-hydrogen) atoms. The van der Waals surface area contributed by atoms with E-state index in [1.165, 1.54) is 11.3 Å². The third-order valence-corrected chi connectivity index (χ3v) is 6.79. The number of rotatable bonds is 6. The highest BCUT2D eigenvalue weighted by molar-refractivity contribution is 7.17. The first-order valence-corrected chi connectivity index (χ1v) is 11.7. The third-order valence-electron chi connectivity index (χ3n) is 4.92. The van der Waals surface area contributed by atoms with Crippen molar-refractivity contribution in [3.8, 4) is 16.3 Å². The molecule has 0 fully saturated rings. The number of hydrogen-bond acceptors (Lipinski definition) is 7. The molecule has 0 saturated heterocycles. The molecule has 4 rings (SSSR count). The molecule has 164 valence electrons. The lowest BCUT2D eigenvalue weighted by atomic mass is 10.2. The number of carbonyl (C=O) groups excluding carboxylic acids is 2. The summed E-state index contributed by atoms with van der Waals surface area (Å²) in [6, 6.07) is 9.92. The predicted molar refractivity (Wildman–Crippen MR) is 127 cm³/mol. The van der Waals surface area contributed by atoms with E-state index in [-0.39, 0.29) is 0 Å². The van der Waals surface area contributed by atoms with Crippen LogP contribution in [0.2, 0.25) is 0 Å². The Hall–Kier alpha value is -3.30. The molecular formula is C23H22N4O3S2. The molecule has 0 atom stereocenters. The van der Waals surface area contributed by atoms with Crippen molar-refractivity contribution in [1.29, 1.82) is 0 Å². The van der Waals surface area contributed by atoms with Gasteiger partial charge in [0.15, 0.2) is 6.61 Å². The molecule has 4 aromatic rings. The average Bonchev–Trinajstić information content (AvgIpc) is 3.49. The molecule has 3 heterocycles. The van der Waals surface area contributed by atoms with Crippen molar-refractivity contribution >= 4 is 40.2 Å². The molecule has 0 aliphatic rings. The fourth-order valence-corrected chi connectivity index (χ4v) is 4.90. The number of ether oxygens (including phenoxy) is 1. The maximum absolute atomic E-state index is 12.5. The number of esters is 1. The first-order chi connectivity index (χ1) is 15.3. The molecule has 0 bridgehead atoms. The zero-order chi connectivity index (χ0) is 22.8. The normalized spacial score (nSPS) is 10.9. The fraction of sp³-hybridized carbons (Fsp3) is 0.217. The van der Waals surface area contributed by atoms with E-state index in [4.69, 9.17) is 4.74 Å². The van der Waals surface area contributed by atoms with Gasteiger partial charge in [-0.05, 0) is 51.3 Å². The van der Waals surface area contributed by atoms with E-state index in [0.717, 1.165) is 27.5 Å². The number of carbonyl (C=O) groups is 2. The number of nitrogens with one attached hydrogen (secondary N) is 1. The molecule has 0 aliphatic heterocycles. The number of aromatic nitrogens is 3. The summed E-state index contributed by atoms with van der Waals surface area (Å²) >= 11 is 2.83. The highest BCUT2D eigenvalue weighted by Gasteiger charge is 2.20. The number of amides is 1. The van der Waals surface area contributed by atoms with Crippen LogP contribution in [0, 0.1) is 27.7 Å². The minimum absolute atomic E-state index is 0.390. The van der Waals surface area contributed by atoms with Crippen molar-refractivity contribution in [2.24, 2.45) is 0 Å². The van der Waals surface area contributed by atoms with Gasteiger partial charge in [-0.2, -0.15) is 16.4 Å². The standard InChI is InChI=1S/C23H22N4O3S2/c1-13-5-7-18(8-6-13)27-16(4)20(14(2)26-27)25-19(28)11-30-23(29)21-15(3)24-22(32-21)17-9-10-31-12-17/h5-10,12H,11H2,1-4H3,(H,25,28). The van der Waals surface area contributed by atoms with Crippen LogP contribution in [0.5, 0.6) is 0 Å². The van der Waals surface area contributed by atoms with Gasteiger partial charge in [-0.1, -0.05) is 17.7 Å². The molecule has 0 unspecified atom stereocenters. The van der Waals surface area contributed by atoms with Crippen LogP contribution in [0.3, 0.4) is 0 Å². The summed E-state index contributed by atoms with van der Waals surface area (Å²) in [6.45, 7) is 7.10. The Morgan fingerprint density at radius 1 is 1.06 bits per heavy atom. The van der Waals surface area contributed by atoms with Crippen molar-refractivity contribution in [2.75, 3.05) is 11.9 Å². The minimum Gasteiger partial charge on any atom is -0.451 e. The van der Waals surface area contributed by atoms with Crippen molar-refractivity contribution in [2.45, 2.75) is 27.7 Å². The second-order valence-electron chi connectivity index (χ2n) is 7.36. The van der Waals surface area contributed by atoms with Crippen LogP contribution in [-0.2, 0) is 9.53 Å². The van der Waals surface area contributed by atoms with Gasteiger partial charge in [0.05, 0.1) is 28.5 Å². The van der Waals surface area contributed by atoms with Crippen LogP contribution in [0.1, 0.15) is 32.3 Å². The van der Waals surface area contributed by atoms with E-state index in [9.17, 15) is 9.59 Å². The molecule has 0 radical (unpaired) electrons. The molecule has 0 saturated carbocycles. The van der Waals surface area contributed by atoms with Gasteiger partial charge in [0.2, 0.25) is 0 Å². The average molecular weight is 467 g/mol. The monoisotopic (exact) mass is 466 g/mol. The lowest BCUT2D eigenvalue weighted by Crippen LogP contribution is -2.21. The van der Waals surface area contributed by atoms with Crippen LogP contribution in [0.15, 0.2) is 41.1 Å². The third kappa shape index (κ3) is 4.49. The van der Waals surface area contributed by atoms with Crippen molar-refractivity contribution in [3.63, 3.8) is 0 Å². The summed E-state index contributed by atoms with van der Waals surface area (Å²) in [5.74, 6) is -0.978. The molecule has 3 aromatic heterocycles. The second kappa shape index (κ2) is 9.05. The topological polar surface area (TPSA) is 86.1 Å². The summed E-state index contributed by atoms with van der Waals surface area (Å²) in [4.78, 5) is 29.8. The minimum atomic E-state index is -0.555. The van der Waals surface area contributed by atoms with E-state index in [1.807, 2.05) is 61.9 Å². The lowest BCUT2D eigenvalue weighted by Gasteiger charge is -2.08. The van der Waals surface area contributed by atoms with E-state index < -0.39 is 18.5 Å². The van der Waals surface area contributed by atoms with Gasteiger partial charge in [0, 0.05) is 10.9 Å². The molecule has 0 spiro atoms. The van der Waals surface area contributed by atoms with E-state index in [1.54, 1.807) is 22.9 Å². The Morgan fingerprint density at radius 3 is 2.50 bits per heavy atom. The van der Waals surface area contributed by atoms with Crippen LogP contribution in [-0.4, -0.2) is 33.2 Å². The van der Waals surface area contributed by atoms with Crippen LogP contribution < -0.4 is 5.32 Å². The number of hydrogen-bond donors (Lipinski definition) is 1. The molecular weight excluding hydrogens is 444 g/mol. The van der Waals surface area contributed by atoms with Gasteiger partial charge in [0.25, 0.3) is 5.91 Å². The number of nitrogens with zero attached hydrogens (tertiary/aromatic N) is 3. The fourth-order valence-electron chi connectivity index (χ4n) is 3.23. The van der Waals surface area contributed by atoms with Gasteiger partial charge in [-0.3, -0.25) is 4.79 Å². The molecule has 1 amide bonds. The Bertz CT molecular complexity index is 1270. The van der Waals surface area contributed by atoms with Gasteiger partial charge >= 0.3 is 5.97 Å². The first-order valence-electron chi connectivity index (χ1n) is 9.93. The molecule has 9 heteroatoms. The maximum atomic E-state index is 12.5. The van der Waals surface area contributed by atoms with Crippen LogP contribution in [0.25, 0.3) is 16.3 Å². The maximum Gasteiger partial charge on any atom is 0.350 e. The molecule has 7 nitrogen and oxygen atoms in total. The van der Waals surface area contributed by atoms with Gasteiger partial charge in [0.1, 0.15) is 9.88 Å². The van der Waals surface area contributed by atoms with Gasteiger partial charge < -0.3 is 10.1 Å². The zero-order valence-electron chi connectivity index (χ0n) is 18.1. The quantitative estimate of drug-likeness (QED) is 0.400. The van der Waals surface area contributed by atoms with Gasteiger partial charge in [-0.15, -0.1) is 11.3 Å². The Kier molecular flexibility index (Phi) is 6.20. The van der Waals surface area contributed by atoms with Crippen molar-refractivity contribution in [3.05, 3.63) is 68.6 Å². The predicted octanol–water partition coefficient (Wildman–Crippen LogP) is 5.09. The second-order valence-corrected chi connectivity index (χ2v) is 9.14. The molecule has 1 N–H and O–H groups in total. The molecule has 0 aliphatic carbocycles. The van der Waals surface area contributed by atoms with Crippen LogP contribution >= 0.6 is 22.7 Å². The largest absolute Gasteiger partial charge is 0.451 e. The Labute approximate surface area is 193 Å². The summed E-state index contributed by atoms with van der Waals surface area (Å²) in [7, 11) is 0. The summed E-state index contributed by atoms with van der Waals surface area (Å²) in [5.41, 5.74) is 5.71. The number of thiophene rings is 1. The highest BCUT2D eigenvalue weighted by Crippen LogP contribution is 2.30. The number of thiazole rings is 1. The zero-order valence-corrected chi connectivity index (χ0v) is 19.8. The summed E-state index contributed by atoms with van der Waals surface area (Å²) < 4.78 is 7.03. The van der Waals surface area contributed by atoms with Crippen LogP contribution in [0.4, 0.5) is 5.69 Å². The lowest BCUT2D eigenvalue weighted by molar-refractivity contribution is -0.119. The number of aryl methyl sites for hydroxylation is 3. The van der Waals surface area contributed by atoms with Gasteiger partial charge in [-0.25, -0.2) is 14.5 Å². The molecule has 1 aromatic carbocycles. The van der Waals surface area contributed by atoms with E-state index in [2.05, 4.69) is 15.4 Å². The SMILES string of the molecule is Cc1ccc(-n2nc(C)c(NC(=O)COC(=O)c3sc(-c4ccsc4)nc3C)c2C)cc1. The van der Waals surface area contributed by atoms with Crippen molar-refractivity contribution < 1.29 is 14.3 Å². The Morgan fingerprint density at radius 2 is 1.81 bits per heavy atom. The number of anilines is 1.